The van der Waals surface area contributed by atoms with E-state index < -0.39 is 11.6 Å². The Balaban J connectivity index is 2.01. The van der Waals surface area contributed by atoms with E-state index in [0.29, 0.717) is 6.54 Å². The Morgan fingerprint density at radius 3 is 2.73 bits per heavy atom. The topological polar surface area (TPSA) is 38.0 Å². The monoisotopic (exact) mass is 212 g/mol. The maximum absolute atomic E-state index is 13.3. The zero-order valence-electron chi connectivity index (χ0n) is 8.39. The van der Waals surface area contributed by atoms with Crippen LogP contribution in [0.2, 0.25) is 0 Å². The third-order valence-corrected chi connectivity index (χ3v) is 2.68. The third-order valence-electron chi connectivity index (χ3n) is 2.68. The van der Waals surface area contributed by atoms with Gasteiger partial charge in [-0.1, -0.05) is 12.8 Å². The van der Waals surface area contributed by atoms with Crippen LogP contribution in [0.4, 0.5) is 20.2 Å². The van der Waals surface area contributed by atoms with Gasteiger partial charge in [0.2, 0.25) is 0 Å². The molecule has 0 atom stereocenters. The Morgan fingerprint density at radius 2 is 2.07 bits per heavy atom. The molecule has 0 aliphatic heterocycles. The lowest BCUT2D eigenvalue weighted by molar-refractivity contribution is 0.511. The van der Waals surface area contributed by atoms with Crippen molar-refractivity contribution >= 4 is 11.4 Å². The van der Waals surface area contributed by atoms with Gasteiger partial charge < -0.3 is 11.1 Å². The van der Waals surface area contributed by atoms with E-state index in [1.54, 1.807) is 0 Å². The van der Waals surface area contributed by atoms with E-state index >= 15 is 0 Å². The summed E-state index contributed by atoms with van der Waals surface area (Å²) in [6.45, 7) is 0.648. The molecule has 0 aromatic heterocycles. The summed E-state index contributed by atoms with van der Waals surface area (Å²) in [7, 11) is 0. The van der Waals surface area contributed by atoms with Gasteiger partial charge in [-0.3, -0.25) is 0 Å². The molecule has 1 aromatic rings. The van der Waals surface area contributed by atoms with E-state index in [1.807, 2.05) is 0 Å². The van der Waals surface area contributed by atoms with Gasteiger partial charge in [-0.15, -0.1) is 0 Å². The summed E-state index contributed by atoms with van der Waals surface area (Å²) in [4.78, 5) is 0. The van der Waals surface area contributed by atoms with Gasteiger partial charge in [0.25, 0.3) is 0 Å². The molecular weight excluding hydrogens is 198 g/mol. The van der Waals surface area contributed by atoms with Gasteiger partial charge in [0.05, 0.1) is 11.4 Å². The van der Waals surface area contributed by atoms with Crippen molar-refractivity contribution < 1.29 is 8.78 Å². The fourth-order valence-corrected chi connectivity index (χ4v) is 1.55. The van der Waals surface area contributed by atoms with Crippen molar-refractivity contribution in [2.45, 2.75) is 19.3 Å². The van der Waals surface area contributed by atoms with Gasteiger partial charge >= 0.3 is 0 Å². The van der Waals surface area contributed by atoms with Gasteiger partial charge in [-0.25, -0.2) is 8.78 Å². The second-order valence-electron chi connectivity index (χ2n) is 3.98. The van der Waals surface area contributed by atoms with Crippen LogP contribution < -0.4 is 11.1 Å². The number of hydrogen-bond donors (Lipinski definition) is 2. The third kappa shape index (κ3) is 2.37. The fourth-order valence-electron chi connectivity index (χ4n) is 1.55. The van der Waals surface area contributed by atoms with E-state index in [0.717, 1.165) is 18.4 Å². The first-order valence-corrected chi connectivity index (χ1v) is 5.16. The number of halogens is 2. The summed E-state index contributed by atoms with van der Waals surface area (Å²) in [6.07, 6.45) is 3.50. The van der Waals surface area contributed by atoms with Crippen LogP contribution >= 0.6 is 0 Å². The van der Waals surface area contributed by atoms with E-state index in [4.69, 9.17) is 5.73 Å². The van der Waals surface area contributed by atoms with Crippen molar-refractivity contribution in [1.29, 1.82) is 0 Å². The van der Waals surface area contributed by atoms with Crippen LogP contribution in [0.3, 0.4) is 0 Å². The predicted molar refractivity (Wildman–Crippen MR) is 56.6 cm³/mol. The number of nitrogens with one attached hydrogen (secondary N) is 1. The number of benzene rings is 1. The molecule has 1 aromatic carbocycles. The smallest absolute Gasteiger partial charge is 0.183 e. The average molecular weight is 212 g/mol. The van der Waals surface area contributed by atoms with Crippen molar-refractivity contribution in [2.75, 3.05) is 17.6 Å². The maximum Gasteiger partial charge on any atom is 0.183 e. The molecule has 0 amide bonds. The minimum absolute atomic E-state index is 0.0932. The highest BCUT2D eigenvalue weighted by molar-refractivity contribution is 5.66. The molecule has 15 heavy (non-hydrogen) atoms. The lowest BCUT2D eigenvalue weighted by atomic mass is 10.2. The first-order valence-electron chi connectivity index (χ1n) is 5.16. The molecule has 0 unspecified atom stereocenters. The molecule has 0 saturated heterocycles. The molecule has 4 heteroatoms. The molecule has 0 radical (unpaired) electrons. The summed E-state index contributed by atoms with van der Waals surface area (Å²) in [5, 5.41) is 2.85. The molecule has 2 nitrogen and oxygen atoms in total. The zero-order chi connectivity index (χ0) is 10.8. The normalized spacial score (nSPS) is 15.3. The van der Waals surface area contributed by atoms with Gasteiger partial charge in [-0.2, -0.15) is 0 Å². The maximum atomic E-state index is 13.3. The number of hydrogen-bond acceptors (Lipinski definition) is 2. The summed E-state index contributed by atoms with van der Waals surface area (Å²) in [6, 6.07) is 2.41. The van der Waals surface area contributed by atoms with Crippen LogP contribution in [0.15, 0.2) is 12.1 Å². The Bertz CT molecular complexity index is 362. The van der Waals surface area contributed by atoms with E-state index in [-0.39, 0.29) is 11.4 Å². The highest BCUT2D eigenvalue weighted by Gasteiger charge is 2.20. The van der Waals surface area contributed by atoms with Crippen LogP contribution in [0, 0.1) is 17.6 Å². The van der Waals surface area contributed by atoms with Crippen LogP contribution in [0.1, 0.15) is 19.3 Å². The zero-order valence-corrected chi connectivity index (χ0v) is 8.39. The first kappa shape index (κ1) is 10.2. The quantitative estimate of drug-likeness (QED) is 0.753. The number of anilines is 2. The first-order chi connectivity index (χ1) is 7.18. The molecule has 0 spiro atoms. The Kier molecular flexibility index (Phi) is 2.75. The van der Waals surface area contributed by atoms with Crippen molar-refractivity contribution in [3.63, 3.8) is 0 Å². The lowest BCUT2D eigenvalue weighted by Gasteiger charge is -2.10. The minimum Gasteiger partial charge on any atom is -0.397 e. The SMILES string of the molecule is Nc1ccc(F)c(F)c1NCCC1CC1. The average Bonchev–Trinajstić information content (AvgIpc) is 3.01. The van der Waals surface area contributed by atoms with Crippen LogP contribution in [-0.4, -0.2) is 6.54 Å². The molecule has 3 N–H and O–H groups in total. The second kappa shape index (κ2) is 4.04. The summed E-state index contributed by atoms with van der Waals surface area (Å²) in [5.74, 6) is -0.987. The second-order valence-corrected chi connectivity index (χ2v) is 3.98. The van der Waals surface area contributed by atoms with Crippen molar-refractivity contribution in [2.24, 2.45) is 5.92 Å². The molecule has 1 aliphatic rings. The molecule has 1 fully saturated rings. The molecule has 2 rings (SSSR count). The minimum atomic E-state index is -0.884. The number of nitrogen functional groups attached to an aromatic ring is 1. The van der Waals surface area contributed by atoms with E-state index in [1.165, 1.54) is 18.9 Å². The largest absolute Gasteiger partial charge is 0.397 e. The van der Waals surface area contributed by atoms with Crippen molar-refractivity contribution in [3.05, 3.63) is 23.8 Å². The van der Waals surface area contributed by atoms with Gasteiger partial charge in [0.1, 0.15) is 0 Å². The Hall–Kier alpha value is -1.32. The Morgan fingerprint density at radius 1 is 1.33 bits per heavy atom. The highest BCUT2D eigenvalue weighted by atomic mass is 19.2. The lowest BCUT2D eigenvalue weighted by Crippen LogP contribution is -2.08. The molecule has 1 aliphatic carbocycles. The van der Waals surface area contributed by atoms with Crippen LogP contribution in [-0.2, 0) is 0 Å². The van der Waals surface area contributed by atoms with Gasteiger partial charge in [-0.05, 0) is 24.5 Å². The predicted octanol–water partition coefficient (Wildman–Crippen LogP) is 2.76. The Labute approximate surface area is 87.5 Å². The van der Waals surface area contributed by atoms with E-state index in [9.17, 15) is 8.78 Å². The molecule has 0 bridgehead atoms. The number of rotatable bonds is 4. The summed E-state index contributed by atoms with van der Waals surface area (Å²) in [5.41, 5.74) is 5.90. The van der Waals surface area contributed by atoms with Gasteiger partial charge in [0, 0.05) is 6.54 Å². The van der Waals surface area contributed by atoms with Crippen LogP contribution in [0.5, 0.6) is 0 Å². The fraction of sp³-hybridized carbons (Fsp3) is 0.455. The summed E-state index contributed by atoms with van der Waals surface area (Å²) < 4.78 is 26.2. The molecule has 1 saturated carbocycles. The van der Waals surface area contributed by atoms with Crippen molar-refractivity contribution in [3.8, 4) is 0 Å². The molecular formula is C11H14F2N2. The number of nitrogens with two attached hydrogens (primary N) is 1. The van der Waals surface area contributed by atoms with Crippen molar-refractivity contribution in [1.82, 2.24) is 0 Å². The molecule has 82 valence electrons. The summed E-state index contributed by atoms with van der Waals surface area (Å²) >= 11 is 0. The molecule has 0 heterocycles. The van der Waals surface area contributed by atoms with Crippen LogP contribution in [0.25, 0.3) is 0 Å². The van der Waals surface area contributed by atoms with E-state index in [2.05, 4.69) is 5.32 Å². The standard InChI is InChI=1S/C11H14F2N2/c12-8-3-4-9(14)11(10(8)13)15-6-5-7-1-2-7/h3-4,7,15H,1-2,5-6,14H2. The highest BCUT2D eigenvalue weighted by Crippen LogP contribution is 2.32. The van der Waals surface area contributed by atoms with Gasteiger partial charge in [0.15, 0.2) is 11.6 Å².